The van der Waals surface area contributed by atoms with Crippen molar-refractivity contribution in [3.8, 4) is 0 Å². The third-order valence-electron chi connectivity index (χ3n) is 2.32. The quantitative estimate of drug-likeness (QED) is 0.606. The highest BCUT2D eigenvalue weighted by Gasteiger charge is 2.20. The Morgan fingerprint density at radius 1 is 1.17 bits per heavy atom. The fraction of sp³-hybridized carbons (Fsp3) is 1.00. The molecule has 0 aromatic rings. The standard InChI is InChI=1S/C8H17NO2S/c1-8(2)9-4-3-6-12(10,11)7-5-9/h8H,3-7H2,1-2H3. The van der Waals surface area contributed by atoms with Gasteiger partial charge in [-0.2, -0.15) is 0 Å². The second kappa shape index (κ2) is 3.75. The Hall–Kier alpha value is -0.0900. The van der Waals surface area contributed by atoms with Crippen LogP contribution in [0.2, 0.25) is 0 Å². The number of nitrogens with zero attached hydrogens (tertiary/aromatic N) is 1. The molecule has 0 saturated carbocycles. The molecule has 0 N–H and O–H groups in total. The van der Waals surface area contributed by atoms with Crippen LogP contribution in [0.5, 0.6) is 0 Å². The van der Waals surface area contributed by atoms with E-state index in [1.165, 1.54) is 0 Å². The second-order valence-electron chi connectivity index (χ2n) is 3.64. The molecule has 4 heteroatoms. The minimum atomic E-state index is -2.73. The van der Waals surface area contributed by atoms with Crippen molar-refractivity contribution < 1.29 is 8.42 Å². The van der Waals surface area contributed by atoms with Crippen LogP contribution in [0.15, 0.2) is 0 Å². The van der Waals surface area contributed by atoms with Crippen molar-refractivity contribution in [2.45, 2.75) is 26.3 Å². The van der Waals surface area contributed by atoms with Crippen LogP contribution in [0, 0.1) is 0 Å². The zero-order valence-electron chi connectivity index (χ0n) is 7.78. The average molecular weight is 191 g/mol. The van der Waals surface area contributed by atoms with Gasteiger partial charge >= 0.3 is 0 Å². The van der Waals surface area contributed by atoms with Crippen LogP contribution in [0.25, 0.3) is 0 Å². The molecule has 12 heavy (non-hydrogen) atoms. The van der Waals surface area contributed by atoms with Gasteiger partial charge in [0.1, 0.15) is 0 Å². The molecule has 0 radical (unpaired) electrons. The summed E-state index contributed by atoms with van der Waals surface area (Å²) in [4.78, 5) is 2.23. The van der Waals surface area contributed by atoms with Crippen molar-refractivity contribution in [3.63, 3.8) is 0 Å². The van der Waals surface area contributed by atoms with E-state index < -0.39 is 9.84 Å². The highest BCUT2D eigenvalue weighted by atomic mass is 32.2. The first kappa shape index (κ1) is 9.99. The van der Waals surface area contributed by atoms with Crippen molar-refractivity contribution in [2.75, 3.05) is 24.6 Å². The predicted molar refractivity (Wildman–Crippen MR) is 50.0 cm³/mol. The monoisotopic (exact) mass is 191 g/mol. The van der Waals surface area contributed by atoms with Crippen molar-refractivity contribution in [1.82, 2.24) is 4.90 Å². The summed E-state index contributed by atoms with van der Waals surface area (Å²) >= 11 is 0. The van der Waals surface area contributed by atoms with Gasteiger partial charge in [0.2, 0.25) is 0 Å². The third-order valence-corrected chi connectivity index (χ3v) is 4.04. The molecule has 1 fully saturated rings. The van der Waals surface area contributed by atoms with Gasteiger partial charge in [-0.3, -0.25) is 4.90 Å². The Morgan fingerprint density at radius 2 is 1.83 bits per heavy atom. The highest BCUT2D eigenvalue weighted by Crippen LogP contribution is 2.07. The van der Waals surface area contributed by atoms with Crippen LogP contribution in [-0.4, -0.2) is 44.0 Å². The summed E-state index contributed by atoms with van der Waals surface area (Å²) in [6, 6.07) is 0.471. The van der Waals surface area contributed by atoms with Gasteiger partial charge in [0.05, 0.1) is 11.5 Å². The normalized spacial score (nSPS) is 25.6. The van der Waals surface area contributed by atoms with Crippen LogP contribution in [0.3, 0.4) is 0 Å². The molecule has 72 valence electrons. The summed E-state index contributed by atoms with van der Waals surface area (Å²) in [5.74, 6) is 0.710. The summed E-state index contributed by atoms with van der Waals surface area (Å²) in [6.07, 6.45) is 0.792. The van der Waals surface area contributed by atoms with Crippen LogP contribution < -0.4 is 0 Å². The molecule has 1 heterocycles. The molecule has 0 amide bonds. The molecule has 0 spiro atoms. The summed E-state index contributed by atoms with van der Waals surface area (Å²) in [5, 5.41) is 0. The van der Waals surface area contributed by atoms with Gasteiger partial charge in [-0.05, 0) is 26.8 Å². The highest BCUT2D eigenvalue weighted by molar-refractivity contribution is 7.91. The minimum Gasteiger partial charge on any atom is -0.300 e. The average Bonchev–Trinajstić information content (AvgIpc) is 2.10. The van der Waals surface area contributed by atoms with Crippen LogP contribution in [-0.2, 0) is 9.84 Å². The molecule has 3 nitrogen and oxygen atoms in total. The lowest BCUT2D eigenvalue weighted by Crippen LogP contribution is -2.33. The molecule has 0 atom stereocenters. The smallest absolute Gasteiger partial charge is 0.151 e. The Kier molecular flexibility index (Phi) is 3.12. The van der Waals surface area contributed by atoms with Crippen molar-refractivity contribution in [2.24, 2.45) is 0 Å². The Balaban J connectivity index is 2.56. The van der Waals surface area contributed by atoms with Crippen LogP contribution in [0.1, 0.15) is 20.3 Å². The van der Waals surface area contributed by atoms with E-state index in [1.807, 2.05) is 0 Å². The van der Waals surface area contributed by atoms with Gasteiger partial charge in [-0.15, -0.1) is 0 Å². The van der Waals surface area contributed by atoms with Crippen molar-refractivity contribution >= 4 is 9.84 Å². The zero-order valence-corrected chi connectivity index (χ0v) is 8.60. The van der Waals surface area contributed by atoms with Gasteiger partial charge in [-0.25, -0.2) is 8.42 Å². The summed E-state index contributed by atoms with van der Waals surface area (Å²) in [5.41, 5.74) is 0. The van der Waals surface area contributed by atoms with Crippen molar-refractivity contribution in [3.05, 3.63) is 0 Å². The largest absolute Gasteiger partial charge is 0.300 e. The lowest BCUT2D eigenvalue weighted by Gasteiger charge is -2.23. The first-order chi connectivity index (χ1) is 5.51. The van der Waals surface area contributed by atoms with E-state index in [9.17, 15) is 8.42 Å². The van der Waals surface area contributed by atoms with E-state index in [4.69, 9.17) is 0 Å². The summed E-state index contributed by atoms with van der Waals surface area (Å²) in [6.45, 7) is 5.85. The van der Waals surface area contributed by atoms with E-state index >= 15 is 0 Å². The third kappa shape index (κ3) is 2.75. The molecule has 0 aliphatic carbocycles. The molecular formula is C8H17NO2S. The maximum absolute atomic E-state index is 11.2. The molecule has 1 aliphatic rings. The fourth-order valence-electron chi connectivity index (χ4n) is 1.47. The molecular weight excluding hydrogens is 174 g/mol. The Labute approximate surface area is 74.7 Å². The first-order valence-electron chi connectivity index (χ1n) is 4.46. The van der Waals surface area contributed by atoms with Gasteiger partial charge < -0.3 is 0 Å². The molecule has 1 aliphatic heterocycles. The minimum absolute atomic E-state index is 0.338. The van der Waals surface area contributed by atoms with Gasteiger partial charge in [-0.1, -0.05) is 0 Å². The van der Waals surface area contributed by atoms with Gasteiger partial charge in [0.15, 0.2) is 9.84 Å². The van der Waals surface area contributed by atoms with Crippen LogP contribution in [0.4, 0.5) is 0 Å². The molecule has 1 saturated heterocycles. The Morgan fingerprint density at radius 3 is 2.42 bits per heavy atom. The van der Waals surface area contributed by atoms with E-state index in [2.05, 4.69) is 18.7 Å². The lowest BCUT2D eigenvalue weighted by molar-refractivity contribution is 0.240. The number of sulfone groups is 1. The summed E-state index contributed by atoms with van der Waals surface area (Å²) < 4.78 is 22.4. The number of rotatable bonds is 1. The Bertz CT molecular complexity index is 233. The van der Waals surface area contributed by atoms with Gasteiger partial charge in [0, 0.05) is 12.6 Å². The van der Waals surface area contributed by atoms with Crippen LogP contribution >= 0.6 is 0 Å². The maximum Gasteiger partial charge on any atom is 0.151 e. The number of hydrogen-bond donors (Lipinski definition) is 0. The van der Waals surface area contributed by atoms with Gasteiger partial charge in [0.25, 0.3) is 0 Å². The first-order valence-corrected chi connectivity index (χ1v) is 6.28. The van der Waals surface area contributed by atoms with Crippen molar-refractivity contribution in [1.29, 1.82) is 0 Å². The molecule has 0 bridgehead atoms. The van der Waals surface area contributed by atoms with E-state index in [-0.39, 0.29) is 0 Å². The summed E-state index contributed by atoms with van der Waals surface area (Å²) in [7, 11) is -2.73. The lowest BCUT2D eigenvalue weighted by atomic mass is 10.3. The zero-order chi connectivity index (χ0) is 9.19. The fourth-order valence-corrected chi connectivity index (χ4v) is 2.76. The second-order valence-corrected chi connectivity index (χ2v) is 5.94. The molecule has 1 rings (SSSR count). The topological polar surface area (TPSA) is 37.4 Å². The van der Waals surface area contributed by atoms with E-state index in [1.54, 1.807) is 0 Å². The molecule has 0 unspecified atom stereocenters. The maximum atomic E-state index is 11.2. The molecule has 0 aromatic carbocycles. The van der Waals surface area contributed by atoms with E-state index in [0.717, 1.165) is 13.0 Å². The van der Waals surface area contributed by atoms with E-state index in [0.29, 0.717) is 24.1 Å². The predicted octanol–water partition coefficient (Wildman–Crippen LogP) is 0.515. The number of hydrogen-bond acceptors (Lipinski definition) is 3. The molecule has 0 aromatic heterocycles. The SMILES string of the molecule is CC(C)N1CCCS(=O)(=O)CC1.